The molecule has 1 N–H and O–H groups in total. The molecule has 0 spiro atoms. The van der Waals surface area contributed by atoms with Gasteiger partial charge < -0.3 is 9.47 Å². The molecule has 1 aromatic heterocycles. The van der Waals surface area contributed by atoms with Crippen molar-refractivity contribution in [3.8, 4) is 0 Å². The Morgan fingerprint density at radius 1 is 1.21 bits per heavy atom. The Hall–Kier alpha value is -3.15. The Kier molecular flexibility index (Phi) is 4.86. The van der Waals surface area contributed by atoms with Crippen LogP contribution >= 0.6 is 0 Å². The van der Waals surface area contributed by atoms with Crippen molar-refractivity contribution in [1.29, 1.82) is 0 Å². The minimum atomic E-state index is -0.393. The number of nitrogens with zero attached hydrogens (tertiary/aromatic N) is 3. The van der Waals surface area contributed by atoms with Crippen LogP contribution in [0.1, 0.15) is 20.3 Å². The number of amides is 2. The molecule has 3 aromatic rings. The molecule has 1 aliphatic rings. The molecule has 0 aliphatic carbocycles. The van der Waals surface area contributed by atoms with Gasteiger partial charge in [0.1, 0.15) is 0 Å². The zero-order valence-electron chi connectivity index (χ0n) is 16.1. The zero-order chi connectivity index (χ0) is 19.7. The Morgan fingerprint density at radius 3 is 2.82 bits per heavy atom. The van der Waals surface area contributed by atoms with Crippen LogP contribution in [0.5, 0.6) is 0 Å². The maximum absolute atomic E-state index is 12.8. The summed E-state index contributed by atoms with van der Waals surface area (Å²) in [4.78, 5) is 31.4. The van der Waals surface area contributed by atoms with E-state index in [1.807, 2.05) is 53.2 Å². The summed E-state index contributed by atoms with van der Waals surface area (Å²) >= 11 is 0. The van der Waals surface area contributed by atoms with Crippen molar-refractivity contribution in [3.63, 3.8) is 0 Å². The second-order valence-corrected chi connectivity index (χ2v) is 7.69. The summed E-state index contributed by atoms with van der Waals surface area (Å²) in [7, 11) is 0. The topological polar surface area (TPSA) is 67.2 Å². The Morgan fingerprint density at radius 2 is 2.00 bits per heavy atom. The summed E-state index contributed by atoms with van der Waals surface area (Å²) in [5.74, 6) is 0.402. The van der Waals surface area contributed by atoms with Gasteiger partial charge in [-0.05, 0) is 17.4 Å². The van der Waals surface area contributed by atoms with Crippen LogP contribution < -0.4 is 10.2 Å². The highest BCUT2D eigenvalue weighted by atomic mass is 16.2. The van der Waals surface area contributed by atoms with Crippen LogP contribution in [0.3, 0.4) is 0 Å². The van der Waals surface area contributed by atoms with E-state index < -0.39 is 5.92 Å². The third kappa shape index (κ3) is 3.50. The number of fused-ring (bicyclic) bond motifs is 1. The van der Waals surface area contributed by atoms with E-state index in [2.05, 4.69) is 24.1 Å². The summed E-state index contributed by atoms with van der Waals surface area (Å²) in [6.07, 6.45) is 3.75. The molecule has 1 atom stereocenters. The van der Waals surface area contributed by atoms with Crippen LogP contribution in [-0.2, 0) is 16.1 Å². The fourth-order valence-electron chi connectivity index (χ4n) is 3.75. The lowest BCUT2D eigenvalue weighted by atomic mass is 10.1. The van der Waals surface area contributed by atoms with Gasteiger partial charge in [-0.25, -0.2) is 4.98 Å². The lowest BCUT2D eigenvalue weighted by Crippen LogP contribution is -2.29. The first-order chi connectivity index (χ1) is 13.5. The van der Waals surface area contributed by atoms with Gasteiger partial charge in [-0.3, -0.25) is 14.9 Å². The molecule has 2 heterocycles. The summed E-state index contributed by atoms with van der Waals surface area (Å²) in [6, 6.07) is 13.9. The average Bonchev–Trinajstić information content (AvgIpc) is 3.27. The number of anilines is 2. The van der Waals surface area contributed by atoms with E-state index >= 15 is 0 Å². The number of rotatable bonds is 5. The van der Waals surface area contributed by atoms with E-state index in [0.717, 1.165) is 23.0 Å². The molecule has 0 bridgehead atoms. The van der Waals surface area contributed by atoms with E-state index in [9.17, 15) is 9.59 Å². The molecule has 6 nitrogen and oxygen atoms in total. The summed E-state index contributed by atoms with van der Waals surface area (Å²) in [5.41, 5.74) is 0.861. The maximum atomic E-state index is 12.8. The van der Waals surface area contributed by atoms with E-state index in [1.54, 1.807) is 11.1 Å². The first kappa shape index (κ1) is 18.2. The molecule has 1 unspecified atom stereocenters. The van der Waals surface area contributed by atoms with E-state index in [4.69, 9.17) is 0 Å². The number of nitrogens with one attached hydrogen (secondary N) is 1. The largest absolute Gasteiger partial charge is 0.317 e. The number of carbonyl (C=O) groups excluding carboxylic acids is 2. The Bertz CT molecular complexity index is 1020. The SMILES string of the molecule is CC(C)Cn1ccnc1NC(=O)C1CC(=O)N(c2cccc3ccccc23)C1. The molecule has 1 saturated heterocycles. The Balaban J connectivity index is 1.52. The smallest absolute Gasteiger partial charge is 0.232 e. The predicted molar refractivity (Wildman–Crippen MR) is 110 cm³/mol. The lowest BCUT2D eigenvalue weighted by Gasteiger charge is -2.19. The zero-order valence-corrected chi connectivity index (χ0v) is 16.1. The van der Waals surface area contributed by atoms with Crippen LogP contribution in [0.15, 0.2) is 54.9 Å². The quantitative estimate of drug-likeness (QED) is 0.739. The van der Waals surface area contributed by atoms with Gasteiger partial charge in [0.05, 0.1) is 11.6 Å². The number of hydrogen-bond acceptors (Lipinski definition) is 3. The second-order valence-electron chi connectivity index (χ2n) is 7.69. The van der Waals surface area contributed by atoms with Crippen LogP contribution in [-0.4, -0.2) is 27.9 Å². The first-order valence-corrected chi connectivity index (χ1v) is 9.63. The van der Waals surface area contributed by atoms with Crippen molar-refractivity contribution in [2.24, 2.45) is 11.8 Å². The van der Waals surface area contributed by atoms with Crippen LogP contribution in [0, 0.1) is 11.8 Å². The van der Waals surface area contributed by atoms with E-state index in [1.165, 1.54) is 0 Å². The second kappa shape index (κ2) is 7.46. The predicted octanol–water partition coefficient (Wildman–Crippen LogP) is 3.68. The van der Waals surface area contributed by atoms with Crippen molar-refractivity contribution in [3.05, 3.63) is 54.9 Å². The summed E-state index contributed by atoms with van der Waals surface area (Å²) < 4.78 is 1.93. The standard InChI is InChI=1S/C22H24N4O2/c1-15(2)13-25-11-10-23-22(25)24-21(28)17-12-20(27)26(14-17)19-9-5-7-16-6-3-4-8-18(16)19/h3-11,15,17H,12-14H2,1-2H3,(H,23,24,28). The number of carbonyl (C=O) groups is 2. The van der Waals surface area contributed by atoms with E-state index in [-0.39, 0.29) is 18.2 Å². The first-order valence-electron chi connectivity index (χ1n) is 9.63. The highest BCUT2D eigenvalue weighted by molar-refractivity contribution is 6.08. The highest BCUT2D eigenvalue weighted by Crippen LogP contribution is 2.32. The molecular formula is C22H24N4O2. The third-order valence-corrected chi connectivity index (χ3v) is 5.07. The molecular weight excluding hydrogens is 352 g/mol. The number of benzene rings is 2. The van der Waals surface area contributed by atoms with Gasteiger partial charge in [-0.15, -0.1) is 0 Å². The number of imidazole rings is 1. The maximum Gasteiger partial charge on any atom is 0.232 e. The molecule has 0 radical (unpaired) electrons. The third-order valence-electron chi connectivity index (χ3n) is 5.07. The van der Waals surface area contributed by atoms with Gasteiger partial charge in [-0.2, -0.15) is 0 Å². The van der Waals surface area contributed by atoms with Gasteiger partial charge >= 0.3 is 0 Å². The Labute approximate surface area is 164 Å². The highest BCUT2D eigenvalue weighted by Gasteiger charge is 2.36. The molecule has 2 amide bonds. The van der Waals surface area contributed by atoms with Gasteiger partial charge in [0, 0.05) is 37.3 Å². The van der Waals surface area contributed by atoms with Crippen LogP contribution in [0.4, 0.5) is 11.6 Å². The van der Waals surface area contributed by atoms with Crippen molar-refractivity contribution in [1.82, 2.24) is 9.55 Å². The monoisotopic (exact) mass is 376 g/mol. The molecule has 0 saturated carbocycles. The fraction of sp³-hybridized carbons (Fsp3) is 0.318. The molecule has 2 aromatic carbocycles. The van der Waals surface area contributed by atoms with Crippen molar-refractivity contribution >= 4 is 34.2 Å². The molecule has 1 fully saturated rings. The van der Waals surface area contributed by atoms with Gasteiger partial charge in [-0.1, -0.05) is 50.2 Å². The van der Waals surface area contributed by atoms with Crippen LogP contribution in [0.25, 0.3) is 10.8 Å². The minimum Gasteiger partial charge on any atom is -0.317 e. The number of hydrogen-bond donors (Lipinski definition) is 1. The van der Waals surface area contributed by atoms with Gasteiger partial charge in [0.25, 0.3) is 0 Å². The molecule has 4 rings (SSSR count). The number of aromatic nitrogens is 2. The summed E-state index contributed by atoms with van der Waals surface area (Å²) in [6.45, 7) is 5.39. The minimum absolute atomic E-state index is 0.0259. The summed E-state index contributed by atoms with van der Waals surface area (Å²) in [5, 5.41) is 5.00. The molecule has 144 valence electrons. The fourth-order valence-corrected chi connectivity index (χ4v) is 3.75. The van der Waals surface area contributed by atoms with Crippen molar-refractivity contribution in [2.75, 3.05) is 16.8 Å². The van der Waals surface area contributed by atoms with Crippen molar-refractivity contribution in [2.45, 2.75) is 26.8 Å². The van der Waals surface area contributed by atoms with Gasteiger partial charge in [0.15, 0.2) is 0 Å². The van der Waals surface area contributed by atoms with Crippen molar-refractivity contribution < 1.29 is 9.59 Å². The van der Waals surface area contributed by atoms with Crippen LogP contribution in [0.2, 0.25) is 0 Å². The average molecular weight is 376 g/mol. The lowest BCUT2D eigenvalue weighted by molar-refractivity contribution is -0.122. The van der Waals surface area contributed by atoms with Gasteiger partial charge in [0.2, 0.25) is 17.8 Å². The molecule has 6 heteroatoms. The molecule has 28 heavy (non-hydrogen) atoms. The normalized spacial score (nSPS) is 16.9. The van der Waals surface area contributed by atoms with E-state index in [0.29, 0.717) is 18.4 Å². The molecule has 1 aliphatic heterocycles.